The molecule has 80 valence electrons. The number of aliphatic hydroxyl groups is 1. The van der Waals surface area contributed by atoms with E-state index in [4.69, 9.17) is 28.3 Å². The van der Waals surface area contributed by atoms with E-state index in [0.717, 1.165) is 0 Å². The normalized spacial score (nSPS) is 14.8. The van der Waals surface area contributed by atoms with Gasteiger partial charge in [-0.15, -0.1) is 0 Å². The van der Waals surface area contributed by atoms with Crippen LogP contribution >= 0.6 is 23.2 Å². The van der Waals surface area contributed by atoms with Gasteiger partial charge >= 0.3 is 12.1 Å². The molecule has 0 aromatic heterocycles. The Bertz CT molecular complexity index is 173. The van der Waals surface area contributed by atoms with Gasteiger partial charge in [0.25, 0.3) is 0 Å². The van der Waals surface area contributed by atoms with E-state index in [9.17, 15) is 22.0 Å². The summed E-state index contributed by atoms with van der Waals surface area (Å²) in [5.74, 6) is -4.88. The number of alkyl halides is 7. The maximum absolute atomic E-state index is 12.1. The Kier molecular flexibility index (Phi) is 3.80. The lowest BCUT2D eigenvalue weighted by Crippen LogP contribution is -2.37. The highest BCUT2D eigenvalue weighted by Crippen LogP contribution is 2.41. The molecule has 0 radical (unpaired) electrons. The fourth-order valence-electron chi connectivity index (χ4n) is 0.449. The molecule has 13 heavy (non-hydrogen) atoms. The average molecular weight is 247 g/mol. The molecule has 0 aromatic carbocycles. The molecule has 0 spiro atoms. The number of hydrogen-bond acceptors (Lipinski definition) is 1. The van der Waals surface area contributed by atoms with Crippen molar-refractivity contribution in [2.45, 2.75) is 29.5 Å². The molecule has 8 heteroatoms. The fourth-order valence-corrected chi connectivity index (χ4v) is 0.638. The summed E-state index contributed by atoms with van der Waals surface area (Å²) in [6, 6.07) is 0. The fraction of sp³-hybridized carbons (Fsp3) is 1.00. The summed E-state index contributed by atoms with van der Waals surface area (Å²) in [4.78, 5) is 0. The highest BCUT2D eigenvalue weighted by molar-refractivity contribution is 6.46. The third-order valence-corrected chi connectivity index (χ3v) is 1.53. The average Bonchev–Trinajstić information content (AvgIpc) is 1.79. The summed E-state index contributed by atoms with van der Waals surface area (Å²) in [6.07, 6.45) is -8.37. The van der Waals surface area contributed by atoms with Crippen molar-refractivity contribution in [3.05, 3.63) is 0 Å². The third kappa shape index (κ3) is 4.83. The van der Waals surface area contributed by atoms with Gasteiger partial charge in [-0.05, 0) is 0 Å². The lowest BCUT2D eigenvalue weighted by Gasteiger charge is -2.21. The number of hydrogen-bond donors (Lipinski definition) is 1. The Balaban J connectivity index is 4.21. The zero-order chi connectivity index (χ0) is 10.9. The number of rotatable bonds is 3. The highest BCUT2D eigenvalue weighted by atomic mass is 35.5. The second kappa shape index (κ2) is 3.74. The Morgan fingerprint density at radius 3 is 1.54 bits per heavy atom. The van der Waals surface area contributed by atoms with E-state index in [0.29, 0.717) is 0 Å². The topological polar surface area (TPSA) is 20.2 Å². The molecular weight excluding hydrogens is 242 g/mol. The van der Waals surface area contributed by atoms with Gasteiger partial charge in [0, 0.05) is 12.8 Å². The molecule has 0 aliphatic heterocycles. The second-order valence-corrected chi connectivity index (χ2v) is 3.81. The summed E-state index contributed by atoms with van der Waals surface area (Å²) < 4.78 is 56.1. The maximum Gasteiger partial charge on any atom is 0.453 e. The van der Waals surface area contributed by atoms with Crippen LogP contribution in [0.4, 0.5) is 22.0 Å². The molecule has 1 nitrogen and oxygen atoms in total. The van der Waals surface area contributed by atoms with Gasteiger partial charge in [0.2, 0.25) is 4.52 Å². The maximum atomic E-state index is 12.1. The van der Waals surface area contributed by atoms with Gasteiger partial charge in [0.15, 0.2) is 0 Å². The molecule has 0 aliphatic carbocycles. The van der Waals surface area contributed by atoms with Crippen LogP contribution in [0.5, 0.6) is 0 Å². The van der Waals surface area contributed by atoms with Gasteiger partial charge in [-0.25, -0.2) is 0 Å². The summed E-state index contributed by atoms with van der Waals surface area (Å²) in [5, 5.41) is 8.48. The van der Waals surface area contributed by atoms with Gasteiger partial charge < -0.3 is 5.11 Å². The van der Waals surface area contributed by atoms with Crippen LogP contribution in [0.2, 0.25) is 0 Å². The lowest BCUT2D eigenvalue weighted by atomic mass is 10.2. The van der Waals surface area contributed by atoms with Crippen LogP contribution in [0.1, 0.15) is 12.8 Å². The first-order valence-electron chi connectivity index (χ1n) is 3.00. The molecule has 0 heterocycles. The predicted octanol–water partition coefficient (Wildman–Crippen LogP) is 3.09. The summed E-state index contributed by atoms with van der Waals surface area (Å²) in [7, 11) is 0. The minimum atomic E-state index is -5.65. The van der Waals surface area contributed by atoms with E-state index in [1.807, 2.05) is 0 Å². The first-order valence-corrected chi connectivity index (χ1v) is 3.76. The molecular formula is C5H5Cl2F5O. The molecule has 0 saturated heterocycles. The summed E-state index contributed by atoms with van der Waals surface area (Å²) in [6.45, 7) is 0. The van der Waals surface area contributed by atoms with Gasteiger partial charge in [-0.2, -0.15) is 22.0 Å². The SMILES string of the molecule is OC(Cl)(Cl)CCC(F)(F)C(F)(F)F. The minimum Gasteiger partial charge on any atom is -0.363 e. The van der Waals surface area contributed by atoms with Crippen molar-refractivity contribution in [2.24, 2.45) is 0 Å². The largest absolute Gasteiger partial charge is 0.453 e. The van der Waals surface area contributed by atoms with Crippen LogP contribution < -0.4 is 0 Å². The molecule has 0 aromatic rings. The molecule has 0 atom stereocenters. The Morgan fingerprint density at radius 1 is 0.923 bits per heavy atom. The van der Waals surface area contributed by atoms with Crippen molar-refractivity contribution in [1.82, 2.24) is 0 Å². The first-order chi connectivity index (χ1) is 5.46. The van der Waals surface area contributed by atoms with Crippen molar-refractivity contribution in [3.63, 3.8) is 0 Å². The van der Waals surface area contributed by atoms with Gasteiger partial charge in [-0.1, -0.05) is 23.2 Å². The zero-order valence-corrected chi connectivity index (χ0v) is 7.52. The Labute approximate surface area is 80.4 Å². The Hall–Kier alpha value is 0.190. The van der Waals surface area contributed by atoms with Crippen LogP contribution in [0.25, 0.3) is 0 Å². The first kappa shape index (κ1) is 13.2. The summed E-state index contributed by atoms with van der Waals surface area (Å²) >= 11 is 9.62. The van der Waals surface area contributed by atoms with Crippen LogP contribution in [0.15, 0.2) is 0 Å². The van der Waals surface area contributed by atoms with E-state index >= 15 is 0 Å². The minimum absolute atomic E-state index is 1.07. The van der Waals surface area contributed by atoms with Crippen LogP contribution in [-0.4, -0.2) is 21.7 Å². The van der Waals surface area contributed by atoms with E-state index < -0.39 is 29.5 Å². The third-order valence-electron chi connectivity index (χ3n) is 1.15. The Morgan fingerprint density at radius 2 is 1.31 bits per heavy atom. The van der Waals surface area contributed by atoms with E-state index in [-0.39, 0.29) is 0 Å². The predicted molar refractivity (Wildman–Crippen MR) is 36.9 cm³/mol. The monoisotopic (exact) mass is 246 g/mol. The quantitative estimate of drug-likeness (QED) is 0.600. The molecule has 0 saturated carbocycles. The summed E-state index contributed by atoms with van der Waals surface area (Å²) in [5.41, 5.74) is 0. The van der Waals surface area contributed by atoms with Gasteiger partial charge in [0.05, 0.1) is 0 Å². The van der Waals surface area contributed by atoms with E-state index in [1.54, 1.807) is 0 Å². The van der Waals surface area contributed by atoms with Crippen molar-refractivity contribution in [3.8, 4) is 0 Å². The van der Waals surface area contributed by atoms with Gasteiger partial charge in [-0.3, -0.25) is 0 Å². The smallest absolute Gasteiger partial charge is 0.363 e. The zero-order valence-electron chi connectivity index (χ0n) is 6.01. The molecule has 0 fully saturated rings. The molecule has 0 rings (SSSR count). The van der Waals surface area contributed by atoms with Crippen LogP contribution in [0.3, 0.4) is 0 Å². The van der Waals surface area contributed by atoms with Crippen LogP contribution in [-0.2, 0) is 0 Å². The number of halogens is 7. The lowest BCUT2D eigenvalue weighted by molar-refractivity contribution is -0.285. The van der Waals surface area contributed by atoms with Gasteiger partial charge in [0.1, 0.15) is 0 Å². The van der Waals surface area contributed by atoms with Crippen molar-refractivity contribution in [2.75, 3.05) is 0 Å². The highest BCUT2D eigenvalue weighted by Gasteiger charge is 2.57. The second-order valence-electron chi connectivity index (χ2n) is 2.37. The van der Waals surface area contributed by atoms with Crippen molar-refractivity contribution in [1.29, 1.82) is 0 Å². The molecule has 0 amide bonds. The molecule has 0 unspecified atom stereocenters. The van der Waals surface area contributed by atoms with E-state index in [1.165, 1.54) is 0 Å². The molecule has 0 bridgehead atoms. The van der Waals surface area contributed by atoms with E-state index in [2.05, 4.69) is 0 Å². The van der Waals surface area contributed by atoms with Crippen LogP contribution in [0, 0.1) is 0 Å². The molecule has 1 N–H and O–H groups in total. The van der Waals surface area contributed by atoms with Crippen molar-refractivity contribution >= 4 is 23.2 Å². The molecule has 0 aliphatic rings. The standard InChI is InChI=1S/C5H5Cl2F5O/c6-4(7,13)2-1-3(8,9)5(10,11)12/h13H,1-2H2. The van der Waals surface area contributed by atoms with Crippen molar-refractivity contribution < 1.29 is 27.1 Å².